The Balaban J connectivity index is 1.40. The van der Waals surface area contributed by atoms with Crippen molar-refractivity contribution in [2.75, 3.05) is 0 Å². The molecule has 1 aromatic heterocycles. The van der Waals surface area contributed by atoms with E-state index in [4.69, 9.17) is 0 Å². The molecular weight excluding hydrogens is 451 g/mol. The van der Waals surface area contributed by atoms with Crippen molar-refractivity contribution in [3.8, 4) is 0 Å². The van der Waals surface area contributed by atoms with Gasteiger partial charge in [0.05, 0.1) is 11.8 Å². The SMILES string of the molecule is O=C(NN=Cc1cn(Cc2cccc3ccccc23)c2ccccc12)c1cccc(C(F)(F)F)c1. The highest BCUT2D eigenvalue weighted by Crippen LogP contribution is 2.29. The van der Waals surface area contributed by atoms with Crippen molar-refractivity contribution < 1.29 is 18.0 Å². The summed E-state index contributed by atoms with van der Waals surface area (Å²) in [4.78, 5) is 12.4. The molecule has 0 spiro atoms. The fourth-order valence-electron chi connectivity index (χ4n) is 4.18. The highest BCUT2D eigenvalue weighted by molar-refractivity contribution is 6.00. The number of amides is 1. The first-order valence-corrected chi connectivity index (χ1v) is 11.0. The van der Waals surface area contributed by atoms with E-state index in [1.54, 1.807) is 0 Å². The Morgan fingerprint density at radius 1 is 0.886 bits per heavy atom. The predicted molar refractivity (Wildman–Crippen MR) is 131 cm³/mol. The van der Waals surface area contributed by atoms with E-state index in [0.29, 0.717) is 6.54 Å². The summed E-state index contributed by atoms with van der Waals surface area (Å²) in [5.41, 5.74) is 4.29. The Bertz CT molecular complexity index is 1560. The number of hydrogen-bond acceptors (Lipinski definition) is 2. The molecular formula is C28H20F3N3O. The maximum atomic E-state index is 12.9. The second-order valence-electron chi connectivity index (χ2n) is 8.15. The van der Waals surface area contributed by atoms with Gasteiger partial charge in [0.25, 0.3) is 5.91 Å². The maximum Gasteiger partial charge on any atom is 0.416 e. The molecule has 0 aliphatic rings. The van der Waals surface area contributed by atoms with Crippen molar-refractivity contribution in [2.45, 2.75) is 12.7 Å². The zero-order chi connectivity index (χ0) is 24.4. The number of para-hydroxylation sites is 1. The number of fused-ring (bicyclic) bond motifs is 2. The first kappa shape index (κ1) is 22.4. The maximum absolute atomic E-state index is 12.9. The van der Waals surface area contributed by atoms with E-state index in [9.17, 15) is 18.0 Å². The molecule has 5 aromatic rings. The van der Waals surface area contributed by atoms with Crippen LogP contribution >= 0.6 is 0 Å². The van der Waals surface area contributed by atoms with Gasteiger partial charge in [-0.05, 0) is 40.6 Å². The quantitative estimate of drug-likeness (QED) is 0.227. The minimum absolute atomic E-state index is 0.115. The Hall–Kier alpha value is -4.39. The molecule has 0 fully saturated rings. The van der Waals surface area contributed by atoms with E-state index in [2.05, 4.69) is 39.4 Å². The van der Waals surface area contributed by atoms with E-state index in [1.165, 1.54) is 34.7 Å². The fourth-order valence-corrected chi connectivity index (χ4v) is 4.18. The molecule has 7 heteroatoms. The highest BCUT2D eigenvalue weighted by atomic mass is 19.4. The second-order valence-corrected chi connectivity index (χ2v) is 8.15. The number of rotatable bonds is 5. The third kappa shape index (κ3) is 4.66. The van der Waals surface area contributed by atoms with E-state index in [0.717, 1.165) is 28.6 Å². The molecule has 1 heterocycles. The molecule has 0 aliphatic heterocycles. The first-order valence-electron chi connectivity index (χ1n) is 11.0. The number of carbonyl (C=O) groups is 1. The summed E-state index contributed by atoms with van der Waals surface area (Å²) in [6.07, 6.45) is -1.06. The zero-order valence-corrected chi connectivity index (χ0v) is 18.5. The van der Waals surface area contributed by atoms with Crippen LogP contribution in [0.5, 0.6) is 0 Å². The number of nitrogens with zero attached hydrogens (tertiary/aromatic N) is 2. The normalized spacial score (nSPS) is 12.0. The lowest BCUT2D eigenvalue weighted by Crippen LogP contribution is -2.18. The topological polar surface area (TPSA) is 46.4 Å². The number of nitrogens with one attached hydrogen (secondary N) is 1. The van der Waals surface area contributed by atoms with Gasteiger partial charge in [-0.3, -0.25) is 4.79 Å². The van der Waals surface area contributed by atoms with Gasteiger partial charge < -0.3 is 4.57 Å². The lowest BCUT2D eigenvalue weighted by Gasteiger charge is -2.09. The largest absolute Gasteiger partial charge is 0.416 e. The summed E-state index contributed by atoms with van der Waals surface area (Å²) in [6, 6.07) is 26.5. The van der Waals surface area contributed by atoms with Crippen molar-refractivity contribution in [1.29, 1.82) is 0 Å². The molecule has 5 rings (SSSR count). The summed E-state index contributed by atoms with van der Waals surface area (Å²) in [7, 11) is 0. The third-order valence-electron chi connectivity index (χ3n) is 5.86. The van der Waals surface area contributed by atoms with Crippen molar-refractivity contribution in [2.24, 2.45) is 5.10 Å². The molecule has 4 nitrogen and oxygen atoms in total. The molecule has 0 saturated heterocycles. The van der Waals surface area contributed by atoms with Crippen LogP contribution in [0.25, 0.3) is 21.7 Å². The van der Waals surface area contributed by atoms with E-state index in [-0.39, 0.29) is 5.56 Å². The van der Waals surface area contributed by atoms with Crippen LogP contribution in [0.2, 0.25) is 0 Å². The molecule has 35 heavy (non-hydrogen) atoms. The molecule has 174 valence electrons. The lowest BCUT2D eigenvalue weighted by atomic mass is 10.0. The Labute approximate surface area is 199 Å². The van der Waals surface area contributed by atoms with Crippen molar-refractivity contribution in [3.63, 3.8) is 0 Å². The molecule has 0 unspecified atom stereocenters. The Morgan fingerprint density at radius 3 is 2.43 bits per heavy atom. The third-order valence-corrected chi connectivity index (χ3v) is 5.86. The van der Waals surface area contributed by atoms with Gasteiger partial charge in [-0.2, -0.15) is 18.3 Å². The van der Waals surface area contributed by atoms with Gasteiger partial charge in [0.2, 0.25) is 0 Å². The first-order chi connectivity index (χ1) is 16.9. The Kier molecular flexibility index (Phi) is 5.82. The van der Waals surface area contributed by atoms with Crippen LogP contribution in [0, 0.1) is 0 Å². The van der Waals surface area contributed by atoms with E-state index < -0.39 is 17.6 Å². The van der Waals surface area contributed by atoms with Crippen LogP contribution in [0.3, 0.4) is 0 Å². The number of alkyl halides is 3. The monoisotopic (exact) mass is 471 g/mol. The smallest absolute Gasteiger partial charge is 0.342 e. The van der Waals surface area contributed by atoms with Crippen molar-refractivity contribution >= 4 is 33.8 Å². The average Bonchev–Trinajstić information content (AvgIpc) is 3.21. The number of hydrogen-bond donors (Lipinski definition) is 1. The molecule has 0 aliphatic carbocycles. The predicted octanol–water partition coefficient (Wildman–Crippen LogP) is 6.63. The second kappa shape index (κ2) is 9.10. The molecule has 0 radical (unpaired) electrons. The van der Waals surface area contributed by atoms with Crippen molar-refractivity contribution in [1.82, 2.24) is 9.99 Å². The number of carbonyl (C=O) groups excluding carboxylic acids is 1. The number of halogens is 3. The van der Waals surface area contributed by atoms with Gasteiger partial charge in [-0.25, -0.2) is 5.43 Å². The van der Waals surface area contributed by atoms with Gasteiger partial charge >= 0.3 is 6.18 Å². The molecule has 0 bridgehead atoms. The summed E-state index contributed by atoms with van der Waals surface area (Å²) >= 11 is 0. The van der Waals surface area contributed by atoms with Gasteiger partial charge in [0, 0.05) is 34.8 Å². The van der Waals surface area contributed by atoms with Gasteiger partial charge in [0.1, 0.15) is 0 Å². The van der Waals surface area contributed by atoms with Crippen molar-refractivity contribution in [3.05, 3.63) is 119 Å². The summed E-state index contributed by atoms with van der Waals surface area (Å²) in [5.74, 6) is -0.716. The van der Waals surface area contributed by atoms with Crippen LogP contribution in [0.4, 0.5) is 13.2 Å². The van der Waals surface area contributed by atoms with Gasteiger partial charge in [-0.1, -0.05) is 66.7 Å². The highest BCUT2D eigenvalue weighted by Gasteiger charge is 2.30. The molecule has 0 saturated carbocycles. The molecule has 4 aromatic carbocycles. The number of aromatic nitrogens is 1. The molecule has 1 amide bonds. The Morgan fingerprint density at radius 2 is 1.60 bits per heavy atom. The zero-order valence-electron chi connectivity index (χ0n) is 18.5. The van der Waals surface area contributed by atoms with Gasteiger partial charge in [-0.15, -0.1) is 0 Å². The average molecular weight is 471 g/mol. The van der Waals surface area contributed by atoms with Crippen LogP contribution in [0.1, 0.15) is 27.0 Å². The summed E-state index contributed by atoms with van der Waals surface area (Å²) < 4.78 is 40.9. The number of benzene rings is 4. The van der Waals surface area contributed by atoms with Crippen LogP contribution in [0.15, 0.2) is 102 Å². The van der Waals surface area contributed by atoms with Gasteiger partial charge in [0.15, 0.2) is 0 Å². The van der Waals surface area contributed by atoms with E-state index in [1.807, 2.05) is 48.7 Å². The summed E-state index contributed by atoms with van der Waals surface area (Å²) in [6.45, 7) is 0.645. The minimum Gasteiger partial charge on any atom is -0.342 e. The van der Waals surface area contributed by atoms with Crippen LogP contribution < -0.4 is 5.43 Å². The number of hydrazone groups is 1. The van der Waals surface area contributed by atoms with E-state index >= 15 is 0 Å². The summed E-state index contributed by atoms with van der Waals surface area (Å²) in [5, 5.41) is 7.30. The molecule has 0 atom stereocenters. The molecule has 1 N–H and O–H groups in total. The standard InChI is InChI=1S/C28H20F3N3O/c29-28(30,31)23-11-6-9-20(15-23)27(35)33-32-16-22-18-34(26-14-4-3-13-25(22)26)17-21-10-5-8-19-7-1-2-12-24(19)21/h1-16,18H,17H2,(H,33,35). The minimum atomic E-state index is -4.52. The lowest BCUT2D eigenvalue weighted by molar-refractivity contribution is -0.137. The van der Waals surface area contributed by atoms with Crippen LogP contribution in [-0.2, 0) is 12.7 Å². The van der Waals surface area contributed by atoms with Crippen LogP contribution in [-0.4, -0.2) is 16.7 Å². The fraction of sp³-hybridized carbons (Fsp3) is 0.0714.